The molecule has 6 heteroatoms. The first-order chi connectivity index (χ1) is 9.42. The second-order valence-corrected chi connectivity index (χ2v) is 6.10. The van der Waals surface area contributed by atoms with Gasteiger partial charge in [0.15, 0.2) is 0 Å². The predicted octanol–water partition coefficient (Wildman–Crippen LogP) is 2.37. The molecule has 0 amide bonds. The monoisotopic (exact) mass is 287 g/mol. The lowest BCUT2D eigenvalue weighted by molar-refractivity contribution is 0.601. The van der Waals surface area contributed by atoms with Crippen LogP contribution in [0.5, 0.6) is 0 Å². The minimum Gasteiger partial charge on any atom is -0.263 e. The van der Waals surface area contributed by atoms with Crippen LogP contribution in [0.25, 0.3) is 0 Å². The van der Waals surface area contributed by atoms with Gasteiger partial charge in [0, 0.05) is 6.20 Å². The standard InChI is InChI=1S/C14H13N3O2S/c1-10-3-6-14(16-9-10)17-20(18,19)13-5-4-12(8-15)11(2)7-13/h3-7,9H,1-2H3,(H,16,17). The van der Waals surface area contributed by atoms with Crippen molar-refractivity contribution in [2.45, 2.75) is 18.7 Å². The van der Waals surface area contributed by atoms with Crippen molar-refractivity contribution in [3.05, 3.63) is 53.2 Å². The van der Waals surface area contributed by atoms with Crippen LogP contribution in [0, 0.1) is 25.2 Å². The lowest BCUT2D eigenvalue weighted by Crippen LogP contribution is -2.14. The fraction of sp³-hybridized carbons (Fsp3) is 0.143. The highest BCUT2D eigenvalue weighted by molar-refractivity contribution is 7.92. The molecule has 0 bridgehead atoms. The molecule has 2 rings (SSSR count). The van der Waals surface area contributed by atoms with E-state index in [9.17, 15) is 8.42 Å². The maximum Gasteiger partial charge on any atom is 0.263 e. The Morgan fingerprint density at radius 2 is 1.95 bits per heavy atom. The Morgan fingerprint density at radius 1 is 1.20 bits per heavy atom. The van der Waals surface area contributed by atoms with Crippen molar-refractivity contribution in [1.82, 2.24) is 4.98 Å². The topological polar surface area (TPSA) is 82.9 Å². The highest BCUT2D eigenvalue weighted by Crippen LogP contribution is 2.17. The zero-order chi connectivity index (χ0) is 14.8. The Labute approximate surface area is 118 Å². The average Bonchev–Trinajstić information content (AvgIpc) is 2.41. The highest BCUT2D eigenvalue weighted by Gasteiger charge is 2.15. The number of hydrogen-bond acceptors (Lipinski definition) is 4. The van der Waals surface area contributed by atoms with Crippen LogP contribution in [0.1, 0.15) is 16.7 Å². The van der Waals surface area contributed by atoms with E-state index in [1.165, 1.54) is 18.2 Å². The normalized spacial score (nSPS) is 10.8. The van der Waals surface area contributed by atoms with Crippen molar-refractivity contribution >= 4 is 15.8 Å². The van der Waals surface area contributed by atoms with E-state index in [1.54, 1.807) is 25.3 Å². The summed E-state index contributed by atoms with van der Waals surface area (Å²) < 4.78 is 26.8. The van der Waals surface area contributed by atoms with Crippen molar-refractivity contribution in [2.24, 2.45) is 0 Å². The molecule has 0 spiro atoms. The smallest absolute Gasteiger partial charge is 0.263 e. The molecule has 0 aliphatic rings. The molecule has 0 unspecified atom stereocenters. The lowest BCUT2D eigenvalue weighted by atomic mass is 10.1. The van der Waals surface area contributed by atoms with Crippen LogP contribution >= 0.6 is 0 Å². The Balaban J connectivity index is 2.33. The zero-order valence-corrected chi connectivity index (χ0v) is 11.9. The predicted molar refractivity (Wildman–Crippen MR) is 75.7 cm³/mol. The van der Waals surface area contributed by atoms with Gasteiger partial charge in [-0.1, -0.05) is 6.07 Å². The molecule has 1 aromatic carbocycles. The van der Waals surface area contributed by atoms with Crippen molar-refractivity contribution in [3.8, 4) is 6.07 Å². The van der Waals surface area contributed by atoms with E-state index in [-0.39, 0.29) is 10.7 Å². The second kappa shape index (κ2) is 5.31. The number of nitrogens with zero attached hydrogens (tertiary/aromatic N) is 2. The SMILES string of the molecule is Cc1ccc(NS(=O)(=O)c2ccc(C#N)c(C)c2)nc1. The summed E-state index contributed by atoms with van der Waals surface area (Å²) in [6.45, 7) is 3.57. The van der Waals surface area contributed by atoms with Gasteiger partial charge in [-0.3, -0.25) is 4.72 Å². The number of rotatable bonds is 3. The largest absolute Gasteiger partial charge is 0.263 e. The van der Waals surface area contributed by atoms with Crippen molar-refractivity contribution in [1.29, 1.82) is 5.26 Å². The van der Waals surface area contributed by atoms with Gasteiger partial charge in [0.1, 0.15) is 5.82 Å². The molecule has 1 N–H and O–H groups in total. The summed E-state index contributed by atoms with van der Waals surface area (Å²) in [6, 6.07) is 9.74. The quantitative estimate of drug-likeness (QED) is 0.939. The number of hydrogen-bond donors (Lipinski definition) is 1. The van der Waals surface area contributed by atoms with Gasteiger partial charge >= 0.3 is 0 Å². The van der Waals surface area contributed by atoms with Gasteiger partial charge < -0.3 is 0 Å². The first-order valence-corrected chi connectivity index (χ1v) is 7.37. The van der Waals surface area contributed by atoms with Crippen molar-refractivity contribution in [2.75, 3.05) is 4.72 Å². The Morgan fingerprint density at radius 3 is 2.50 bits per heavy atom. The van der Waals surface area contributed by atoms with Gasteiger partial charge in [0.05, 0.1) is 16.5 Å². The Bertz CT molecular complexity index is 775. The summed E-state index contributed by atoms with van der Waals surface area (Å²) in [5.74, 6) is 0.262. The average molecular weight is 287 g/mol. The van der Waals surface area contributed by atoms with E-state index in [0.29, 0.717) is 11.1 Å². The fourth-order valence-corrected chi connectivity index (χ4v) is 2.75. The first kappa shape index (κ1) is 14.0. The van der Waals surface area contributed by atoms with Crippen LogP contribution < -0.4 is 4.72 Å². The first-order valence-electron chi connectivity index (χ1n) is 5.88. The molecule has 0 fully saturated rings. The maximum atomic E-state index is 12.2. The van der Waals surface area contributed by atoms with E-state index in [2.05, 4.69) is 9.71 Å². The van der Waals surface area contributed by atoms with Gasteiger partial charge in [0.2, 0.25) is 0 Å². The van der Waals surface area contributed by atoms with Gasteiger partial charge in [-0.25, -0.2) is 13.4 Å². The number of nitrogens with one attached hydrogen (secondary N) is 1. The number of nitriles is 1. The molecular formula is C14H13N3O2S. The number of aryl methyl sites for hydroxylation is 2. The Hall–Kier alpha value is -2.39. The molecule has 0 saturated carbocycles. The van der Waals surface area contributed by atoms with Crippen molar-refractivity contribution < 1.29 is 8.42 Å². The molecule has 0 aliphatic heterocycles. The van der Waals surface area contributed by atoms with Gasteiger partial charge in [-0.05, 0) is 49.2 Å². The molecule has 0 aliphatic carbocycles. The molecule has 20 heavy (non-hydrogen) atoms. The molecule has 0 atom stereocenters. The summed E-state index contributed by atoms with van der Waals surface area (Å²) >= 11 is 0. The van der Waals surface area contributed by atoms with Crippen LogP contribution in [0.4, 0.5) is 5.82 Å². The van der Waals surface area contributed by atoms with Gasteiger partial charge in [-0.2, -0.15) is 5.26 Å². The summed E-state index contributed by atoms with van der Waals surface area (Å²) in [5.41, 5.74) is 2.02. The fourth-order valence-electron chi connectivity index (χ4n) is 1.65. The lowest BCUT2D eigenvalue weighted by Gasteiger charge is -2.08. The van der Waals surface area contributed by atoms with Crippen LogP contribution in [0.3, 0.4) is 0 Å². The number of sulfonamides is 1. The zero-order valence-electron chi connectivity index (χ0n) is 11.1. The Kier molecular flexibility index (Phi) is 3.72. The molecule has 5 nitrogen and oxygen atoms in total. The molecule has 102 valence electrons. The second-order valence-electron chi connectivity index (χ2n) is 4.41. The summed E-state index contributed by atoms with van der Waals surface area (Å²) in [5, 5.41) is 8.85. The van der Waals surface area contributed by atoms with E-state index >= 15 is 0 Å². The van der Waals surface area contributed by atoms with Crippen LogP contribution in [-0.2, 0) is 10.0 Å². The summed E-state index contributed by atoms with van der Waals surface area (Å²) in [6.07, 6.45) is 1.59. The number of pyridine rings is 1. The molecule has 2 aromatic rings. The van der Waals surface area contributed by atoms with Crippen LogP contribution in [0.15, 0.2) is 41.4 Å². The summed E-state index contributed by atoms with van der Waals surface area (Å²) in [7, 11) is -3.70. The third-order valence-corrected chi connectivity index (χ3v) is 4.13. The number of aromatic nitrogens is 1. The van der Waals surface area contributed by atoms with Gasteiger partial charge in [0.25, 0.3) is 10.0 Å². The number of benzene rings is 1. The summed E-state index contributed by atoms with van der Waals surface area (Å²) in [4.78, 5) is 4.11. The van der Waals surface area contributed by atoms with E-state index < -0.39 is 10.0 Å². The molecule has 0 radical (unpaired) electrons. The van der Waals surface area contributed by atoms with E-state index in [4.69, 9.17) is 5.26 Å². The number of anilines is 1. The van der Waals surface area contributed by atoms with Crippen molar-refractivity contribution in [3.63, 3.8) is 0 Å². The molecule has 0 saturated heterocycles. The molecular weight excluding hydrogens is 274 g/mol. The molecule has 1 aromatic heterocycles. The maximum absolute atomic E-state index is 12.2. The third kappa shape index (κ3) is 2.95. The minimum atomic E-state index is -3.70. The molecule has 1 heterocycles. The van der Waals surface area contributed by atoms with Crippen LogP contribution in [-0.4, -0.2) is 13.4 Å². The van der Waals surface area contributed by atoms with Crippen LogP contribution in [0.2, 0.25) is 0 Å². The van der Waals surface area contributed by atoms with E-state index in [1.807, 2.05) is 13.0 Å². The van der Waals surface area contributed by atoms with Gasteiger partial charge in [-0.15, -0.1) is 0 Å². The highest BCUT2D eigenvalue weighted by atomic mass is 32.2. The third-order valence-electron chi connectivity index (χ3n) is 2.78. The minimum absolute atomic E-state index is 0.108. The van der Waals surface area contributed by atoms with E-state index in [0.717, 1.165) is 5.56 Å².